The summed E-state index contributed by atoms with van der Waals surface area (Å²) >= 11 is 0. The quantitative estimate of drug-likeness (QED) is 0.728. The van der Waals surface area contributed by atoms with Gasteiger partial charge in [0.25, 0.3) is 5.91 Å². The lowest BCUT2D eigenvalue weighted by Gasteiger charge is -2.30. The first-order valence-electron chi connectivity index (χ1n) is 5.96. The first-order chi connectivity index (χ1) is 8.72. The standard InChI is InChI=1S/C11H15N3O4/c1-2-17-11(16)8-3-5-14(6-4-8)10(15)9-7-12-18-13-9/h7-8H,2-6H2,1H3. The molecule has 1 aliphatic heterocycles. The van der Waals surface area contributed by atoms with Gasteiger partial charge in [-0.2, -0.15) is 0 Å². The maximum absolute atomic E-state index is 11.9. The van der Waals surface area contributed by atoms with Crippen molar-refractivity contribution in [3.63, 3.8) is 0 Å². The van der Waals surface area contributed by atoms with Crippen LogP contribution < -0.4 is 0 Å². The Labute approximate surface area is 104 Å². The van der Waals surface area contributed by atoms with Gasteiger partial charge >= 0.3 is 5.97 Å². The molecule has 7 heteroatoms. The van der Waals surface area contributed by atoms with E-state index in [2.05, 4.69) is 14.9 Å². The fourth-order valence-corrected chi connectivity index (χ4v) is 2.00. The Morgan fingerprint density at radius 2 is 2.22 bits per heavy atom. The highest BCUT2D eigenvalue weighted by atomic mass is 16.6. The van der Waals surface area contributed by atoms with Gasteiger partial charge in [-0.1, -0.05) is 5.16 Å². The second-order valence-electron chi connectivity index (χ2n) is 4.11. The van der Waals surface area contributed by atoms with Gasteiger partial charge in [0.1, 0.15) is 6.20 Å². The fraction of sp³-hybridized carbons (Fsp3) is 0.636. The van der Waals surface area contributed by atoms with Crippen LogP contribution in [0.5, 0.6) is 0 Å². The third-order valence-corrected chi connectivity index (χ3v) is 2.98. The number of amides is 1. The van der Waals surface area contributed by atoms with Crippen LogP contribution >= 0.6 is 0 Å². The van der Waals surface area contributed by atoms with Gasteiger partial charge in [0.05, 0.1) is 12.5 Å². The summed E-state index contributed by atoms with van der Waals surface area (Å²) in [6, 6.07) is 0. The molecule has 2 heterocycles. The highest BCUT2D eigenvalue weighted by Crippen LogP contribution is 2.19. The maximum Gasteiger partial charge on any atom is 0.309 e. The normalized spacial score (nSPS) is 16.6. The Kier molecular flexibility index (Phi) is 3.91. The molecule has 0 radical (unpaired) electrons. The number of ether oxygens (including phenoxy) is 1. The number of likely N-dealkylation sites (tertiary alicyclic amines) is 1. The molecule has 7 nitrogen and oxygen atoms in total. The van der Waals surface area contributed by atoms with Gasteiger partial charge < -0.3 is 9.64 Å². The number of carbonyl (C=O) groups excluding carboxylic acids is 2. The zero-order valence-electron chi connectivity index (χ0n) is 10.2. The van der Waals surface area contributed by atoms with Crippen molar-refractivity contribution in [3.8, 4) is 0 Å². The van der Waals surface area contributed by atoms with E-state index >= 15 is 0 Å². The van der Waals surface area contributed by atoms with Gasteiger partial charge in [-0.05, 0) is 24.9 Å². The summed E-state index contributed by atoms with van der Waals surface area (Å²) in [4.78, 5) is 25.1. The van der Waals surface area contributed by atoms with E-state index in [0.717, 1.165) is 0 Å². The van der Waals surface area contributed by atoms with Gasteiger partial charge in [-0.3, -0.25) is 9.59 Å². The average molecular weight is 253 g/mol. The summed E-state index contributed by atoms with van der Waals surface area (Å²) in [7, 11) is 0. The number of hydrogen-bond donors (Lipinski definition) is 0. The van der Waals surface area contributed by atoms with Crippen LogP contribution in [0, 0.1) is 5.92 Å². The van der Waals surface area contributed by atoms with E-state index < -0.39 is 0 Å². The van der Waals surface area contributed by atoms with E-state index in [1.54, 1.807) is 11.8 Å². The third-order valence-electron chi connectivity index (χ3n) is 2.98. The van der Waals surface area contributed by atoms with E-state index in [0.29, 0.717) is 32.5 Å². The van der Waals surface area contributed by atoms with Crippen LogP contribution in [0.4, 0.5) is 0 Å². The lowest BCUT2D eigenvalue weighted by Crippen LogP contribution is -2.40. The summed E-state index contributed by atoms with van der Waals surface area (Å²) in [5.41, 5.74) is 0.199. The Morgan fingerprint density at radius 1 is 1.50 bits per heavy atom. The van der Waals surface area contributed by atoms with Crippen LogP contribution in [0.3, 0.4) is 0 Å². The van der Waals surface area contributed by atoms with Gasteiger partial charge in [0.15, 0.2) is 5.69 Å². The molecule has 0 saturated carbocycles. The predicted octanol–water partition coefficient (Wildman–Crippen LogP) is 0.485. The molecule has 1 saturated heterocycles. The van der Waals surface area contributed by atoms with Gasteiger partial charge in [0.2, 0.25) is 0 Å². The van der Waals surface area contributed by atoms with Gasteiger partial charge in [0, 0.05) is 13.1 Å². The topological polar surface area (TPSA) is 85.5 Å². The number of aromatic nitrogens is 2. The Hall–Kier alpha value is -1.92. The molecular weight excluding hydrogens is 238 g/mol. The molecular formula is C11H15N3O4. The third kappa shape index (κ3) is 2.66. The van der Waals surface area contributed by atoms with Crippen LogP contribution in [0.1, 0.15) is 30.3 Å². The fourth-order valence-electron chi connectivity index (χ4n) is 2.00. The van der Waals surface area contributed by atoms with Crippen LogP contribution in [0.15, 0.2) is 10.8 Å². The molecule has 98 valence electrons. The van der Waals surface area contributed by atoms with Crippen molar-refractivity contribution >= 4 is 11.9 Å². The zero-order valence-corrected chi connectivity index (χ0v) is 10.2. The molecule has 2 rings (SSSR count). The molecule has 0 atom stereocenters. The minimum Gasteiger partial charge on any atom is -0.466 e. The minimum absolute atomic E-state index is 0.107. The summed E-state index contributed by atoms with van der Waals surface area (Å²) in [5.74, 6) is -0.490. The predicted molar refractivity (Wildman–Crippen MR) is 59.6 cm³/mol. The van der Waals surface area contributed by atoms with Crippen LogP contribution in [-0.4, -0.2) is 46.8 Å². The number of carbonyl (C=O) groups is 2. The van der Waals surface area contributed by atoms with Crippen molar-refractivity contribution < 1.29 is 19.0 Å². The van der Waals surface area contributed by atoms with Crippen LogP contribution in [-0.2, 0) is 9.53 Å². The molecule has 0 unspecified atom stereocenters. The summed E-state index contributed by atoms with van der Waals surface area (Å²) in [5, 5.41) is 6.90. The molecule has 1 fully saturated rings. The lowest BCUT2D eigenvalue weighted by molar-refractivity contribution is -0.149. The molecule has 0 aliphatic carbocycles. The largest absolute Gasteiger partial charge is 0.466 e. The van der Waals surface area contributed by atoms with Crippen LogP contribution in [0.2, 0.25) is 0 Å². The van der Waals surface area contributed by atoms with Crippen molar-refractivity contribution in [2.75, 3.05) is 19.7 Å². The van der Waals surface area contributed by atoms with E-state index in [1.807, 2.05) is 0 Å². The first kappa shape index (κ1) is 12.5. The smallest absolute Gasteiger partial charge is 0.309 e. The second kappa shape index (κ2) is 5.61. The number of esters is 1. The number of piperidine rings is 1. The Morgan fingerprint density at radius 3 is 2.78 bits per heavy atom. The van der Waals surface area contributed by atoms with Gasteiger partial charge in [-0.15, -0.1) is 0 Å². The summed E-state index contributed by atoms with van der Waals surface area (Å²) in [6.45, 7) is 3.22. The van der Waals surface area contributed by atoms with Gasteiger partial charge in [-0.25, -0.2) is 4.63 Å². The molecule has 1 amide bonds. The van der Waals surface area contributed by atoms with Crippen molar-refractivity contribution in [1.82, 2.24) is 15.2 Å². The Bertz CT molecular complexity index is 410. The molecule has 0 aromatic carbocycles. The maximum atomic E-state index is 11.9. The van der Waals surface area contributed by atoms with E-state index in [1.165, 1.54) is 6.20 Å². The highest BCUT2D eigenvalue weighted by Gasteiger charge is 2.29. The van der Waals surface area contributed by atoms with Crippen LogP contribution in [0.25, 0.3) is 0 Å². The average Bonchev–Trinajstić information content (AvgIpc) is 2.92. The van der Waals surface area contributed by atoms with Crippen molar-refractivity contribution in [1.29, 1.82) is 0 Å². The number of rotatable bonds is 3. The molecule has 0 N–H and O–H groups in total. The van der Waals surface area contributed by atoms with Crippen molar-refractivity contribution in [2.45, 2.75) is 19.8 Å². The monoisotopic (exact) mass is 253 g/mol. The van der Waals surface area contributed by atoms with E-state index in [-0.39, 0.29) is 23.5 Å². The molecule has 18 heavy (non-hydrogen) atoms. The minimum atomic E-state index is -0.210. The lowest BCUT2D eigenvalue weighted by atomic mass is 9.97. The molecule has 0 spiro atoms. The molecule has 0 bridgehead atoms. The zero-order chi connectivity index (χ0) is 13.0. The highest BCUT2D eigenvalue weighted by molar-refractivity contribution is 5.92. The SMILES string of the molecule is CCOC(=O)C1CCN(C(=O)c2cnon2)CC1. The number of hydrogen-bond acceptors (Lipinski definition) is 6. The number of nitrogens with zero attached hydrogens (tertiary/aromatic N) is 3. The van der Waals surface area contributed by atoms with Crippen molar-refractivity contribution in [2.24, 2.45) is 5.92 Å². The summed E-state index contributed by atoms with van der Waals surface area (Å²) in [6.07, 6.45) is 2.53. The Balaban J connectivity index is 1.87. The summed E-state index contributed by atoms with van der Waals surface area (Å²) < 4.78 is 9.37. The molecule has 1 aliphatic rings. The second-order valence-corrected chi connectivity index (χ2v) is 4.11. The first-order valence-corrected chi connectivity index (χ1v) is 5.96. The molecule has 1 aromatic heterocycles. The van der Waals surface area contributed by atoms with E-state index in [9.17, 15) is 9.59 Å². The van der Waals surface area contributed by atoms with E-state index in [4.69, 9.17) is 4.74 Å². The van der Waals surface area contributed by atoms with Crippen molar-refractivity contribution in [3.05, 3.63) is 11.9 Å². The molecule has 1 aromatic rings.